The van der Waals surface area contributed by atoms with E-state index >= 15 is 0 Å². The molecule has 4 aliphatic carbocycles. The summed E-state index contributed by atoms with van der Waals surface area (Å²) in [5.74, 6) is -4.81. The van der Waals surface area contributed by atoms with Gasteiger partial charge < -0.3 is 23.7 Å². The molecular weight excluding hydrogens is 733 g/mol. The van der Waals surface area contributed by atoms with E-state index in [4.69, 9.17) is 28.7 Å². The molecule has 2 bridgehead atoms. The number of carbonyl (C=O) groups is 3. The predicted octanol–water partition coefficient (Wildman–Crippen LogP) is 8.32. The van der Waals surface area contributed by atoms with Crippen molar-refractivity contribution in [1.82, 2.24) is 0 Å². The summed E-state index contributed by atoms with van der Waals surface area (Å²) in [7, 11) is 0. The van der Waals surface area contributed by atoms with Gasteiger partial charge in [0.2, 0.25) is 0 Å². The number of alkyl halides is 3. The van der Waals surface area contributed by atoms with E-state index in [1.54, 1.807) is 31.2 Å². The van der Waals surface area contributed by atoms with Crippen LogP contribution in [-0.4, -0.2) is 73.1 Å². The maximum Gasteiger partial charge on any atom is 0.490 e. The highest BCUT2D eigenvalue weighted by atomic mass is 19.4. The molecule has 3 saturated carbocycles. The molecule has 310 valence electrons. The number of carbonyl (C=O) groups excluding carboxylic acids is 3. The molecule has 10 nitrogen and oxygen atoms in total. The van der Waals surface area contributed by atoms with Crippen LogP contribution in [0.15, 0.2) is 42.5 Å². The molecule has 56 heavy (non-hydrogen) atoms. The first-order valence-corrected chi connectivity index (χ1v) is 20.2. The SMILES string of the molecule is CC(=O)O[C@H]1CC[C@@]2(C)[C@@H](CC[C@@H]3[C@@H]2C[C@@H](OC(=O)c2ccccc2)[C@]2(C)[C@@]4([C@@H](C)C5(CCC(C)COC(=O)C(F)(F)F)OCC(C)(C)CO5)C=C[C@@]32OO4)C1. The van der Waals surface area contributed by atoms with Gasteiger partial charge in [-0.2, -0.15) is 13.2 Å². The largest absolute Gasteiger partial charge is 0.490 e. The van der Waals surface area contributed by atoms with Crippen molar-refractivity contribution in [2.24, 2.45) is 45.8 Å². The topological polar surface area (TPSA) is 116 Å². The van der Waals surface area contributed by atoms with Crippen LogP contribution >= 0.6 is 0 Å². The first-order chi connectivity index (χ1) is 26.2. The van der Waals surface area contributed by atoms with Crippen molar-refractivity contribution in [3.8, 4) is 0 Å². The molecule has 6 aliphatic rings. The van der Waals surface area contributed by atoms with Gasteiger partial charge in [-0.05, 0) is 105 Å². The number of rotatable bonds is 10. The fourth-order valence-electron chi connectivity index (χ4n) is 11.5. The number of hydrogen-bond acceptors (Lipinski definition) is 10. The van der Waals surface area contributed by atoms with E-state index in [-0.39, 0.29) is 41.2 Å². The second-order valence-electron chi connectivity index (χ2n) is 18.8. The van der Waals surface area contributed by atoms with Crippen LogP contribution in [0.5, 0.6) is 0 Å². The van der Waals surface area contributed by atoms with Crippen molar-refractivity contribution in [2.75, 3.05) is 19.8 Å². The molecule has 0 N–H and O–H groups in total. The molecule has 1 aromatic carbocycles. The van der Waals surface area contributed by atoms with Crippen molar-refractivity contribution in [2.45, 2.75) is 135 Å². The smallest absolute Gasteiger partial charge is 0.463 e. The van der Waals surface area contributed by atoms with Crippen LogP contribution in [0.25, 0.3) is 0 Å². The van der Waals surface area contributed by atoms with Crippen LogP contribution < -0.4 is 0 Å². The van der Waals surface area contributed by atoms with E-state index in [1.165, 1.54) is 6.92 Å². The zero-order chi connectivity index (χ0) is 40.5. The van der Waals surface area contributed by atoms with Gasteiger partial charge in [0.1, 0.15) is 23.4 Å². The fraction of sp³-hybridized carbons (Fsp3) is 0.744. The molecule has 1 unspecified atom stereocenters. The summed E-state index contributed by atoms with van der Waals surface area (Å²) in [6.45, 7) is 14.0. The number of esters is 3. The van der Waals surface area contributed by atoms with Crippen molar-refractivity contribution in [3.05, 3.63) is 48.0 Å². The Morgan fingerprint density at radius 3 is 2.21 bits per heavy atom. The van der Waals surface area contributed by atoms with E-state index in [1.807, 2.05) is 26.8 Å². The Kier molecular flexibility index (Phi) is 10.6. The van der Waals surface area contributed by atoms with Crippen LogP contribution in [0.2, 0.25) is 0 Å². The third kappa shape index (κ3) is 6.60. The van der Waals surface area contributed by atoms with Crippen LogP contribution in [0.1, 0.15) is 110 Å². The van der Waals surface area contributed by atoms with Crippen LogP contribution in [0.4, 0.5) is 13.2 Å². The summed E-state index contributed by atoms with van der Waals surface area (Å²) < 4.78 is 69.3. The fourth-order valence-corrected chi connectivity index (χ4v) is 11.5. The lowest BCUT2D eigenvalue weighted by molar-refractivity contribution is -0.392. The van der Waals surface area contributed by atoms with Gasteiger partial charge in [-0.15, -0.1) is 0 Å². The van der Waals surface area contributed by atoms with E-state index in [0.717, 1.165) is 32.1 Å². The molecule has 0 spiro atoms. The van der Waals surface area contributed by atoms with Gasteiger partial charge in [-0.3, -0.25) is 4.79 Å². The lowest BCUT2D eigenvalue weighted by Gasteiger charge is -2.64. The van der Waals surface area contributed by atoms with E-state index in [0.29, 0.717) is 37.5 Å². The van der Waals surface area contributed by atoms with Gasteiger partial charge in [0, 0.05) is 24.7 Å². The quantitative estimate of drug-likeness (QED) is 0.0992. The van der Waals surface area contributed by atoms with Crippen LogP contribution in [0, 0.1) is 45.8 Å². The van der Waals surface area contributed by atoms with Crippen LogP contribution in [-0.2, 0) is 43.0 Å². The van der Waals surface area contributed by atoms with Crippen molar-refractivity contribution < 1.29 is 61.0 Å². The first kappa shape index (κ1) is 41.2. The van der Waals surface area contributed by atoms with Gasteiger partial charge in [-0.1, -0.05) is 52.8 Å². The van der Waals surface area contributed by atoms with Gasteiger partial charge in [0.25, 0.3) is 0 Å². The summed E-state index contributed by atoms with van der Waals surface area (Å²) in [6.07, 6.45) is 3.62. The molecule has 2 aliphatic heterocycles. The maximum atomic E-state index is 14.1. The Balaban J connectivity index is 1.23. The summed E-state index contributed by atoms with van der Waals surface area (Å²) in [6, 6.07) is 8.92. The van der Waals surface area contributed by atoms with Gasteiger partial charge >= 0.3 is 24.1 Å². The van der Waals surface area contributed by atoms with E-state index in [9.17, 15) is 27.6 Å². The molecule has 13 heteroatoms. The highest BCUT2D eigenvalue weighted by Gasteiger charge is 2.83. The minimum atomic E-state index is -5.08. The number of benzene rings is 1. The summed E-state index contributed by atoms with van der Waals surface area (Å²) in [5.41, 5.74) is -3.16. The lowest BCUT2D eigenvalue weighted by Crippen LogP contribution is -2.70. The molecular formula is C43H57F3O10. The third-order valence-electron chi connectivity index (χ3n) is 14.9. The van der Waals surface area contributed by atoms with Crippen molar-refractivity contribution in [1.29, 1.82) is 0 Å². The summed E-state index contributed by atoms with van der Waals surface area (Å²) >= 11 is 0. The van der Waals surface area contributed by atoms with Gasteiger partial charge in [0.05, 0.1) is 30.8 Å². The molecule has 1 aromatic rings. The Hall–Kier alpha value is -3.00. The molecule has 5 fully saturated rings. The average Bonchev–Trinajstić information content (AvgIpc) is 3.58. The Bertz CT molecular complexity index is 1690. The molecule has 0 radical (unpaired) electrons. The minimum Gasteiger partial charge on any atom is -0.463 e. The van der Waals surface area contributed by atoms with Gasteiger partial charge in [0.15, 0.2) is 5.79 Å². The van der Waals surface area contributed by atoms with E-state index < -0.39 is 65.1 Å². The number of fused-ring (bicyclic) bond motifs is 3. The highest BCUT2D eigenvalue weighted by Crippen LogP contribution is 2.75. The zero-order valence-electron chi connectivity index (χ0n) is 33.6. The number of hydrogen-bond donors (Lipinski definition) is 0. The monoisotopic (exact) mass is 790 g/mol. The number of ether oxygens (including phenoxy) is 5. The Morgan fingerprint density at radius 2 is 1.59 bits per heavy atom. The van der Waals surface area contributed by atoms with Gasteiger partial charge in [-0.25, -0.2) is 19.4 Å². The first-order valence-electron chi connectivity index (χ1n) is 20.2. The maximum absolute atomic E-state index is 14.1. The second kappa shape index (κ2) is 14.4. The standard InChI is InChI=1S/C43H57F3O10/c1-26(23-50-36(49)43(44,45)46)15-18-42(51-24-37(4,5)25-52-42)27(2)40-19-20-41(56-55-40)32-14-13-30-21-31(53-28(3)47)16-17-38(30,6)33(32)22-34(39(40,41)7)54-35(48)29-11-9-8-10-12-29/h8-12,19-20,26-27,30-34H,13-18,21-25H2,1-7H3/t26?,27-,30+,31+,32-,33+,34-,38+,39-,40+,41-/m1/s1. The zero-order valence-corrected chi connectivity index (χ0v) is 33.6. The van der Waals surface area contributed by atoms with E-state index in [2.05, 4.69) is 30.7 Å². The lowest BCUT2D eigenvalue weighted by atomic mass is 9.41. The molecule has 2 heterocycles. The summed E-state index contributed by atoms with van der Waals surface area (Å²) in [5, 5.41) is 0. The molecule has 7 rings (SSSR count). The predicted molar refractivity (Wildman–Crippen MR) is 195 cm³/mol. The highest BCUT2D eigenvalue weighted by molar-refractivity contribution is 5.89. The molecule has 0 aromatic heterocycles. The number of halogens is 3. The van der Waals surface area contributed by atoms with Crippen molar-refractivity contribution >= 4 is 17.9 Å². The molecule has 11 atom stereocenters. The molecule has 0 amide bonds. The average molecular weight is 791 g/mol. The third-order valence-corrected chi connectivity index (χ3v) is 14.9. The normalized spacial score (nSPS) is 39.0. The minimum absolute atomic E-state index is 0.0185. The van der Waals surface area contributed by atoms with Crippen LogP contribution in [0.3, 0.4) is 0 Å². The summed E-state index contributed by atoms with van der Waals surface area (Å²) in [4.78, 5) is 50.9. The van der Waals surface area contributed by atoms with Crippen molar-refractivity contribution in [3.63, 3.8) is 0 Å². The second-order valence-corrected chi connectivity index (χ2v) is 18.8. The molecule has 2 saturated heterocycles. The Labute approximate surface area is 327 Å². The Morgan fingerprint density at radius 1 is 0.893 bits per heavy atom.